The molecular weight excluding hydrogens is 256 g/mol. The molecule has 1 aromatic heterocycles. The van der Waals surface area contributed by atoms with Crippen molar-refractivity contribution >= 4 is 22.8 Å². The molecule has 104 valence electrons. The zero-order chi connectivity index (χ0) is 13.7. The molecule has 0 spiro atoms. The highest BCUT2D eigenvalue weighted by molar-refractivity contribution is 7.99. The van der Waals surface area contributed by atoms with Crippen LogP contribution in [0.15, 0.2) is 24.3 Å². The van der Waals surface area contributed by atoms with E-state index in [9.17, 15) is 5.11 Å². The number of rotatable bonds is 7. The fraction of sp³-hybridized carbons (Fsp3) is 0.533. The first kappa shape index (κ1) is 14.4. The Morgan fingerprint density at radius 3 is 2.84 bits per heavy atom. The van der Waals surface area contributed by atoms with Crippen molar-refractivity contribution in [1.29, 1.82) is 0 Å². The number of hydrogen-bond acceptors (Lipinski definition) is 3. The molecule has 0 bridgehead atoms. The Morgan fingerprint density at radius 1 is 1.32 bits per heavy atom. The summed E-state index contributed by atoms with van der Waals surface area (Å²) in [5.41, 5.74) is 2.18. The third-order valence-corrected chi connectivity index (χ3v) is 4.20. The number of fused-ring (bicyclic) bond motifs is 1. The fourth-order valence-corrected chi connectivity index (χ4v) is 3.04. The molecule has 0 aliphatic heterocycles. The number of hydrogen-bond donors (Lipinski definition) is 1. The van der Waals surface area contributed by atoms with E-state index in [4.69, 9.17) is 0 Å². The van der Waals surface area contributed by atoms with E-state index in [2.05, 4.69) is 29.5 Å². The molecule has 0 radical (unpaired) electrons. The van der Waals surface area contributed by atoms with E-state index in [1.807, 2.05) is 30.0 Å². The van der Waals surface area contributed by atoms with E-state index >= 15 is 0 Å². The molecule has 1 N–H and O–H groups in total. The first-order chi connectivity index (χ1) is 9.26. The summed E-state index contributed by atoms with van der Waals surface area (Å²) >= 11 is 1.87. The summed E-state index contributed by atoms with van der Waals surface area (Å²) in [5, 5.41) is 10.1. The Hall–Kier alpha value is -1.00. The quantitative estimate of drug-likeness (QED) is 0.791. The number of aromatic nitrogens is 2. The van der Waals surface area contributed by atoms with Crippen LogP contribution >= 0.6 is 11.8 Å². The van der Waals surface area contributed by atoms with Crippen LogP contribution in [0.1, 0.15) is 26.1 Å². The number of thioether (sulfide) groups is 1. The van der Waals surface area contributed by atoms with E-state index < -0.39 is 0 Å². The van der Waals surface area contributed by atoms with Crippen molar-refractivity contribution < 1.29 is 5.11 Å². The van der Waals surface area contributed by atoms with Crippen LogP contribution in [-0.2, 0) is 13.0 Å². The van der Waals surface area contributed by atoms with Crippen LogP contribution in [0, 0.1) is 0 Å². The van der Waals surface area contributed by atoms with Crippen molar-refractivity contribution in [2.75, 3.05) is 11.5 Å². The molecule has 0 aliphatic carbocycles. The minimum atomic E-state index is -0.291. The van der Waals surface area contributed by atoms with Crippen LogP contribution in [-0.4, -0.2) is 32.3 Å². The van der Waals surface area contributed by atoms with Crippen molar-refractivity contribution in [3.05, 3.63) is 30.1 Å². The topological polar surface area (TPSA) is 38.1 Å². The number of aliphatic hydroxyl groups excluding tert-OH is 1. The summed E-state index contributed by atoms with van der Waals surface area (Å²) in [4.78, 5) is 4.65. The molecule has 4 heteroatoms. The maximum atomic E-state index is 10.1. The number of imidazole rings is 1. The maximum Gasteiger partial charge on any atom is 0.112 e. The van der Waals surface area contributed by atoms with E-state index in [1.165, 1.54) is 0 Å². The van der Waals surface area contributed by atoms with Gasteiger partial charge in [0, 0.05) is 13.0 Å². The smallest absolute Gasteiger partial charge is 0.112 e. The Kier molecular flexibility index (Phi) is 5.28. The molecular formula is C15H22N2OS. The van der Waals surface area contributed by atoms with Gasteiger partial charge < -0.3 is 9.67 Å². The van der Waals surface area contributed by atoms with Crippen molar-refractivity contribution in [3.63, 3.8) is 0 Å². The molecule has 2 rings (SSSR count). The lowest BCUT2D eigenvalue weighted by Gasteiger charge is -2.11. The molecule has 19 heavy (non-hydrogen) atoms. The second-order valence-corrected chi connectivity index (χ2v) is 6.00. The summed E-state index contributed by atoms with van der Waals surface area (Å²) in [5.74, 6) is 3.13. The average molecular weight is 278 g/mol. The van der Waals surface area contributed by atoms with Crippen LogP contribution in [0.25, 0.3) is 11.0 Å². The van der Waals surface area contributed by atoms with Gasteiger partial charge in [0.05, 0.1) is 17.1 Å². The number of benzene rings is 1. The first-order valence-electron chi connectivity index (χ1n) is 6.96. The van der Waals surface area contributed by atoms with Crippen LogP contribution in [0.4, 0.5) is 0 Å². The standard InChI is InChI=1S/C15H22N2OS/c1-3-17-14-8-6-5-7-13(14)16-15(17)11-12(18)9-10-19-4-2/h5-8,12,18H,3-4,9-11H2,1-2H3. The third kappa shape index (κ3) is 3.51. The molecule has 2 aromatic rings. The predicted octanol–water partition coefficient (Wildman–Crippen LogP) is 3.10. The Labute approximate surface area is 119 Å². The summed E-state index contributed by atoms with van der Waals surface area (Å²) in [6.07, 6.45) is 1.19. The number of para-hydroxylation sites is 2. The summed E-state index contributed by atoms with van der Waals surface area (Å²) < 4.78 is 2.20. The van der Waals surface area contributed by atoms with Gasteiger partial charge >= 0.3 is 0 Å². The largest absolute Gasteiger partial charge is 0.393 e. The summed E-state index contributed by atoms with van der Waals surface area (Å²) in [6, 6.07) is 8.17. The lowest BCUT2D eigenvalue weighted by Crippen LogP contribution is -2.15. The molecule has 1 heterocycles. The Morgan fingerprint density at radius 2 is 2.11 bits per heavy atom. The van der Waals surface area contributed by atoms with E-state index in [-0.39, 0.29) is 6.10 Å². The van der Waals surface area contributed by atoms with Crippen LogP contribution in [0.5, 0.6) is 0 Å². The second kappa shape index (κ2) is 6.96. The predicted molar refractivity (Wildman–Crippen MR) is 82.7 cm³/mol. The number of aliphatic hydroxyl groups is 1. The van der Waals surface area contributed by atoms with Gasteiger partial charge in [0.25, 0.3) is 0 Å². The number of nitrogens with zero attached hydrogens (tertiary/aromatic N) is 2. The molecule has 0 aliphatic rings. The molecule has 1 unspecified atom stereocenters. The summed E-state index contributed by atoms with van der Waals surface area (Å²) in [7, 11) is 0. The Balaban J connectivity index is 2.11. The van der Waals surface area contributed by atoms with E-state index in [0.717, 1.165) is 41.3 Å². The molecule has 1 aromatic carbocycles. The van der Waals surface area contributed by atoms with Gasteiger partial charge in [-0.3, -0.25) is 0 Å². The second-order valence-electron chi connectivity index (χ2n) is 4.60. The zero-order valence-corrected chi connectivity index (χ0v) is 12.5. The van der Waals surface area contributed by atoms with Gasteiger partial charge in [-0.05, 0) is 37.0 Å². The zero-order valence-electron chi connectivity index (χ0n) is 11.7. The highest BCUT2D eigenvalue weighted by Crippen LogP contribution is 2.18. The normalized spacial score (nSPS) is 13.0. The highest BCUT2D eigenvalue weighted by atomic mass is 32.2. The van der Waals surface area contributed by atoms with E-state index in [1.54, 1.807) is 0 Å². The molecule has 0 saturated heterocycles. The highest BCUT2D eigenvalue weighted by Gasteiger charge is 2.13. The van der Waals surface area contributed by atoms with E-state index in [0.29, 0.717) is 6.42 Å². The van der Waals surface area contributed by atoms with Crippen LogP contribution in [0.2, 0.25) is 0 Å². The van der Waals surface area contributed by atoms with Crippen LogP contribution < -0.4 is 0 Å². The van der Waals surface area contributed by atoms with Gasteiger partial charge in [-0.15, -0.1) is 0 Å². The molecule has 0 fully saturated rings. The van der Waals surface area contributed by atoms with Gasteiger partial charge in [-0.1, -0.05) is 19.1 Å². The van der Waals surface area contributed by atoms with Gasteiger partial charge in [-0.25, -0.2) is 4.98 Å². The van der Waals surface area contributed by atoms with Gasteiger partial charge in [0.2, 0.25) is 0 Å². The third-order valence-electron chi connectivity index (χ3n) is 3.27. The average Bonchev–Trinajstić information content (AvgIpc) is 2.76. The first-order valence-corrected chi connectivity index (χ1v) is 8.11. The van der Waals surface area contributed by atoms with Gasteiger partial charge in [0.1, 0.15) is 5.82 Å². The number of aryl methyl sites for hydroxylation is 1. The van der Waals surface area contributed by atoms with Crippen molar-refractivity contribution in [1.82, 2.24) is 9.55 Å². The molecule has 1 atom stereocenters. The van der Waals surface area contributed by atoms with Crippen LogP contribution in [0.3, 0.4) is 0 Å². The van der Waals surface area contributed by atoms with Gasteiger partial charge in [0.15, 0.2) is 0 Å². The minimum Gasteiger partial charge on any atom is -0.393 e. The van der Waals surface area contributed by atoms with Crippen molar-refractivity contribution in [2.24, 2.45) is 0 Å². The maximum absolute atomic E-state index is 10.1. The molecule has 0 saturated carbocycles. The minimum absolute atomic E-state index is 0.291. The lowest BCUT2D eigenvalue weighted by molar-refractivity contribution is 0.168. The monoisotopic (exact) mass is 278 g/mol. The molecule has 3 nitrogen and oxygen atoms in total. The fourth-order valence-electron chi connectivity index (χ4n) is 2.31. The SMILES string of the molecule is CCSCCC(O)Cc1nc2ccccc2n1CC. The Bertz CT molecular complexity index is 524. The van der Waals surface area contributed by atoms with Gasteiger partial charge in [-0.2, -0.15) is 11.8 Å². The van der Waals surface area contributed by atoms with Crippen molar-refractivity contribution in [3.8, 4) is 0 Å². The lowest BCUT2D eigenvalue weighted by atomic mass is 10.2. The molecule has 0 amide bonds. The summed E-state index contributed by atoms with van der Waals surface area (Å²) in [6.45, 7) is 5.16. The van der Waals surface area contributed by atoms with Crippen molar-refractivity contribution in [2.45, 2.75) is 39.3 Å².